The molecule has 2 aromatic rings. The molecule has 2 saturated heterocycles. The molecule has 0 bridgehead atoms. The number of hydrogen-bond donors (Lipinski definition) is 1. The van der Waals surface area contributed by atoms with Crippen molar-refractivity contribution in [2.24, 2.45) is 11.8 Å². The first-order valence-electron chi connectivity index (χ1n) is 10.6. The Hall–Kier alpha value is -2.32. The first-order valence-corrected chi connectivity index (χ1v) is 10.6. The Balaban J connectivity index is 1.29. The zero-order valence-electron chi connectivity index (χ0n) is 16.5. The first kappa shape index (κ1) is 18.4. The molecule has 0 spiro atoms. The van der Waals surface area contributed by atoms with Crippen molar-refractivity contribution < 1.29 is 18.3 Å². The Morgan fingerprint density at radius 1 is 1.13 bits per heavy atom. The quantitative estimate of drug-likeness (QED) is 0.782. The van der Waals surface area contributed by atoms with Gasteiger partial charge in [0.05, 0.1) is 24.9 Å². The van der Waals surface area contributed by atoms with E-state index >= 15 is 0 Å². The van der Waals surface area contributed by atoms with Crippen LogP contribution in [0.5, 0.6) is 5.75 Å². The molecule has 158 valence electrons. The fourth-order valence-electron chi connectivity index (χ4n) is 5.07. The van der Waals surface area contributed by atoms with Crippen LogP contribution in [0.15, 0.2) is 24.4 Å². The monoisotopic (exact) mass is 414 g/mol. The number of aromatic nitrogens is 2. The number of ether oxygens (including phenoxy) is 2. The van der Waals surface area contributed by atoms with Crippen molar-refractivity contribution in [2.45, 2.75) is 37.3 Å². The standard InChI is InChI=1S/C22H24F2N4O2/c23-22(24)30-19-5-13(6-26-21(19)25)18-4-12(3-17(27-18)11-1-2-11)20-15-7-28(8-16(15)20)14-9-29-10-14/h3-6,11,14-16,20,22H,1-2,7-10H2,(H2,25,26)/t15-,16+,20+. The third-order valence-corrected chi connectivity index (χ3v) is 7.00. The van der Waals surface area contributed by atoms with Gasteiger partial charge in [-0.1, -0.05) is 0 Å². The van der Waals surface area contributed by atoms with Gasteiger partial charge in [0.1, 0.15) is 0 Å². The largest absolute Gasteiger partial charge is 0.431 e. The van der Waals surface area contributed by atoms with Crippen LogP contribution in [0.4, 0.5) is 14.6 Å². The number of nitrogen functional groups attached to an aromatic ring is 1. The molecular weight excluding hydrogens is 390 g/mol. The smallest absolute Gasteiger partial charge is 0.387 e. The highest BCUT2D eigenvalue weighted by Gasteiger charge is 2.57. The number of pyridine rings is 2. The molecule has 0 amide bonds. The number of nitrogens with zero attached hydrogens (tertiary/aromatic N) is 3. The summed E-state index contributed by atoms with van der Waals surface area (Å²) in [5.74, 6) is 2.29. The number of piperidine rings is 1. The van der Waals surface area contributed by atoms with Crippen LogP contribution in [0.3, 0.4) is 0 Å². The van der Waals surface area contributed by atoms with Gasteiger partial charge in [-0.15, -0.1) is 0 Å². The van der Waals surface area contributed by atoms with Gasteiger partial charge in [-0.05, 0) is 54.4 Å². The van der Waals surface area contributed by atoms with Crippen LogP contribution in [0.25, 0.3) is 11.3 Å². The van der Waals surface area contributed by atoms with Gasteiger partial charge in [0.15, 0.2) is 11.6 Å². The van der Waals surface area contributed by atoms with Crippen molar-refractivity contribution >= 4 is 5.82 Å². The molecule has 6 rings (SSSR count). The van der Waals surface area contributed by atoms with Crippen molar-refractivity contribution in [3.8, 4) is 17.0 Å². The lowest BCUT2D eigenvalue weighted by molar-refractivity contribution is -0.0609. The van der Waals surface area contributed by atoms with Crippen molar-refractivity contribution in [1.82, 2.24) is 14.9 Å². The second kappa shape index (κ2) is 6.85. The van der Waals surface area contributed by atoms with Gasteiger partial charge in [0.2, 0.25) is 0 Å². The highest BCUT2D eigenvalue weighted by molar-refractivity contribution is 5.65. The minimum absolute atomic E-state index is 0.0468. The number of anilines is 1. The summed E-state index contributed by atoms with van der Waals surface area (Å²) in [6.45, 7) is 1.05. The summed E-state index contributed by atoms with van der Waals surface area (Å²) >= 11 is 0. The van der Waals surface area contributed by atoms with Crippen LogP contribution in [0, 0.1) is 11.8 Å². The van der Waals surface area contributed by atoms with Crippen LogP contribution >= 0.6 is 0 Å². The van der Waals surface area contributed by atoms with Gasteiger partial charge in [-0.3, -0.25) is 9.88 Å². The molecule has 0 radical (unpaired) electrons. The van der Waals surface area contributed by atoms with E-state index < -0.39 is 6.61 Å². The molecule has 2 aliphatic heterocycles. The Morgan fingerprint density at radius 3 is 2.53 bits per heavy atom. The third kappa shape index (κ3) is 3.22. The Bertz CT molecular complexity index is 968. The second-order valence-corrected chi connectivity index (χ2v) is 8.97. The van der Waals surface area contributed by atoms with E-state index in [1.165, 1.54) is 11.6 Å². The molecule has 0 aromatic carbocycles. The van der Waals surface area contributed by atoms with E-state index in [1.807, 2.05) is 0 Å². The molecule has 4 fully saturated rings. The Labute approximate surface area is 173 Å². The number of fused-ring (bicyclic) bond motifs is 1. The van der Waals surface area contributed by atoms with E-state index in [2.05, 4.69) is 26.8 Å². The zero-order chi connectivity index (χ0) is 20.4. The topological polar surface area (TPSA) is 73.5 Å². The molecule has 2 aliphatic carbocycles. The van der Waals surface area contributed by atoms with Crippen LogP contribution in [0.2, 0.25) is 0 Å². The lowest BCUT2D eigenvalue weighted by Gasteiger charge is -2.35. The maximum absolute atomic E-state index is 12.7. The number of nitrogens with two attached hydrogens (primary N) is 1. The fourth-order valence-corrected chi connectivity index (χ4v) is 5.07. The summed E-state index contributed by atoms with van der Waals surface area (Å²) in [4.78, 5) is 11.5. The summed E-state index contributed by atoms with van der Waals surface area (Å²) in [5, 5.41) is 0. The van der Waals surface area contributed by atoms with Gasteiger partial charge >= 0.3 is 6.61 Å². The number of rotatable bonds is 6. The van der Waals surface area contributed by atoms with Crippen molar-refractivity contribution in [3.05, 3.63) is 35.7 Å². The summed E-state index contributed by atoms with van der Waals surface area (Å²) < 4.78 is 35.3. The second-order valence-electron chi connectivity index (χ2n) is 8.97. The van der Waals surface area contributed by atoms with Crippen LogP contribution in [-0.4, -0.2) is 53.8 Å². The first-order chi connectivity index (χ1) is 14.6. The van der Waals surface area contributed by atoms with E-state index in [9.17, 15) is 8.78 Å². The highest BCUT2D eigenvalue weighted by Crippen LogP contribution is 2.59. The zero-order valence-corrected chi connectivity index (χ0v) is 16.5. The Kier molecular flexibility index (Phi) is 4.21. The maximum atomic E-state index is 12.7. The van der Waals surface area contributed by atoms with Gasteiger partial charge in [-0.2, -0.15) is 8.78 Å². The van der Waals surface area contributed by atoms with E-state index in [-0.39, 0.29) is 11.6 Å². The predicted molar refractivity (Wildman–Crippen MR) is 106 cm³/mol. The molecule has 0 unspecified atom stereocenters. The minimum atomic E-state index is -2.94. The van der Waals surface area contributed by atoms with E-state index in [0.29, 0.717) is 35.3 Å². The van der Waals surface area contributed by atoms with E-state index in [1.54, 1.807) is 6.20 Å². The third-order valence-electron chi connectivity index (χ3n) is 7.00. The molecular formula is C22H24F2N4O2. The molecule has 4 heterocycles. The Morgan fingerprint density at radius 2 is 1.90 bits per heavy atom. The van der Waals surface area contributed by atoms with Crippen molar-refractivity contribution in [1.29, 1.82) is 0 Å². The predicted octanol–water partition coefficient (Wildman–Crippen LogP) is 3.25. The molecule has 30 heavy (non-hydrogen) atoms. The number of halogens is 2. The van der Waals surface area contributed by atoms with Gasteiger partial charge in [0, 0.05) is 36.5 Å². The minimum Gasteiger partial charge on any atom is -0.431 e. The van der Waals surface area contributed by atoms with Crippen LogP contribution in [-0.2, 0) is 4.74 Å². The van der Waals surface area contributed by atoms with Crippen molar-refractivity contribution in [2.75, 3.05) is 32.0 Å². The highest BCUT2D eigenvalue weighted by atomic mass is 19.3. The fraction of sp³-hybridized carbons (Fsp3) is 0.545. The van der Waals surface area contributed by atoms with Crippen LogP contribution < -0.4 is 10.5 Å². The molecule has 2 aromatic heterocycles. The van der Waals surface area contributed by atoms with Gasteiger partial charge in [-0.25, -0.2) is 4.98 Å². The average Bonchev–Trinajstić information content (AvgIpc) is 3.59. The molecule has 4 aliphatic rings. The van der Waals surface area contributed by atoms with E-state index in [4.69, 9.17) is 15.5 Å². The molecule has 2 saturated carbocycles. The number of alkyl halides is 2. The SMILES string of the molecule is Nc1ncc(-c2cc([C@H]3[C@@H]4CN(C5COC5)C[C@@H]43)cc(C3CC3)n2)cc1OC(F)F. The average molecular weight is 414 g/mol. The van der Waals surface area contributed by atoms with Crippen molar-refractivity contribution in [3.63, 3.8) is 0 Å². The summed E-state index contributed by atoms with van der Waals surface area (Å²) in [7, 11) is 0. The lowest BCUT2D eigenvalue weighted by Crippen LogP contribution is -2.48. The molecule has 8 heteroatoms. The normalized spacial score (nSPS) is 28.4. The van der Waals surface area contributed by atoms with E-state index in [0.717, 1.165) is 50.5 Å². The molecule has 6 nitrogen and oxygen atoms in total. The summed E-state index contributed by atoms with van der Waals surface area (Å²) in [5.41, 5.74) is 9.54. The maximum Gasteiger partial charge on any atom is 0.387 e. The lowest BCUT2D eigenvalue weighted by atomic mass is 10.0. The molecule has 2 N–H and O–H groups in total. The van der Waals surface area contributed by atoms with Gasteiger partial charge < -0.3 is 15.2 Å². The summed E-state index contributed by atoms with van der Waals surface area (Å²) in [6.07, 6.45) is 3.90. The molecule has 3 atom stereocenters. The van der Waals surface area contributed by atoms with Gasteiger partial charge in [0.25, 0.3) is 0 Å². The number of likely N-dealkylation sites (tertiary alicyclic amines) is 1. The number of hydrogen-bond acceptors (Lipinski definition) is 6. The van der Waals surface area contributed by atoms with Crippen LogP contribution in [0.1, 0.15) is 35.9 Å². The summed E-state index contributed by atoms with van der Waals surface area (Å²) in [6, 6.07) is 6.49.